The zero-order valence-corrected chi connectivity index (χ0v) is 19.7. The van der Waals surface area contributed by atoms with Gasteiger partial charge >= 0.3 is 5.97 Å². The second kappa shape index (κ2) is 13.9. The summed E-state index contributed by atoms with van der Waals surface area (Å²) in [6.07, 6.45) is 0.270. The number of primary amides is 1. The molecule has 1 aromatic carbocycles. The maximum atomic E-state index is 13.1. The molecule has 5 unspecified atom stereocenters. The molecule has 1 rings (SSSR count). The van der Waals surface area contributed by atoms with E-state index in [9.17, 15) is 29.1 Å². The van der Waals surface area contributed by atoms with Crippen LogP contribution >= 0.6 is 0 Å². The van der Waals surface area contributed by atoms with Crippen LogP contribution in [0.5, 0.6) is 0 Å². The number of benzene rings is 1. The summed E-state index contributed by atoms with van der Waals surface area (Å²) >= 11 is 0. The summed E-state index contributed by atoms with van der Waals surface area (Å²) < 4.78 is 0. The number of rotatable bonds is 14. The van der Waals surface area contributed by atoms with E-state index in [1.54, 1.807) is 44.2 Å². The first kappa shape index (κ1) is 28.6. The Bertz CT molecular complexity index is 861. The minimum absolute atomic E-state index is 0.125. The predicted octanol–water partition coefficient (Wildman–Crippen LogP) is -0.573. The van der Waals surface area contributed by atoms with Crippen LogP contribution in [0.15, 0.2) is 30.3 Å². The Morgan fingerprint density at radius 1 is 0.912 bits per heavy atom. The highest BCUT2D eigenvalue weighted by Crippen LogP contribution is 2.10. The number of carbonyl (C=O) groups is 5. The first-order valence-electron chi connectivity index (χ1n) is 11.2. The molecular weight excluding hydrogens is 442 g/mol. The van der Waals surface area contributed by atoms with Gasteiger partial charge in [0.15, 0.2) is 0 Å². The average Bonchev–Trinajstić information content (AvgIpc) is 2.78. The van der Waals surface area contributed by atoms with E-state index in [1.807, 2.05) is 0 Å². The van der Waals surface area contributed by atoms with Gasteiger partial charge in [-0.2, -0.15) is 0 Å². The summed E-state index contributed by atoms with van der Waals surface area (Å²) in [6, 6.07) is 4.57. The number of amides is 4. The van der Waals surface area contributed by atoms with Crippen LogP contribution < -0.4 is 27.4 Å². The fraction of sp³-hybridized carbons (Fsp3) is 0.522. The first-order valence-corrected chi connectivity index (χ1v) is 11.2. The zero-order chi connectivity index (χ0) is 25.8. The van der Waals surface area contributed by atoms with Crippen LogP contribution in [0.4, 0.5) is 0 Å². The second-order valence-electron chi connectivity index (χ2n) is 8.32. The molecule has 1 aromatic rings. The van der Waals surface area contributed by atoms with Crippen molar-refractivity contribution in [1.29, 1.82) is 0 Å². The number of hydrogen-bond acceptors (Lipinski definition) is 6. The fourth-order valence-electron chi connectivity index (χ4n) is 3.13. The van der Waals surface area contributed by atoms with Gasteiger partial charge in [-0.15, -0.1) is 0 Å². The number of nitrogens with two attached hydrogens (primary N) is 2. The van der Waals surface area contributed by atoms with Gasteiger partial charge in [0.05, 0.1) is 6.04 Å². The van der Waals surface area contributed by atoms with E-state index in [4.69, 9.17) is 11.5 Å². The van der Waals surface area contributed by atoms with Crippen LogP contribution in [-0.2, 0) is 30.4 Å². The SMILES string of the molecule is CCC(C)C(NC(=O)C(CCC(N)=O)NC(=O)C(Cc1ccccc1)NC(=O)C(C)N)C(=O)O. The zero-order valence-electron chi connectivity index (χ0n) is 19.7. The van der Waals surface area contributed by atoms with E-state index in [1.165, 1.54) is 6.92 Å². The molecule has 0 aliphatic carbocycles. The van der Waals surface area contributed by atoms with Gasteiger partial charge < -0.3 is 32.5 Å². The Labute approximate surface area is 199 Å². The lowest BCUT2D eigenvalue weighted by Crippen LogP contribution is -2.58. The Hall–Kier alpha value is -3.47. The van der Waals surface area contributed by atoms with E-state index >= 15 is 0 Å². The van der Waals surface area contributed by atoms with Crippen molar-refractivity contribution in [2.75, 3.05) is 0 Å². The molecule has 0 aliphatic heterocycles. The molecule has 0 saturated carbocycles. The molecule has 188 valence electrons. The Morgan fingerprint density at radius 3 is 1.97 bits per heavy atom. The lowest BCUT2D eigenvalue weighted by molar-refractivity contribution is -0.144. The molecule has 5 atom stereocenters. The summed E-state index contributed by atoms with van der Waals surface area (Å²) in [7, 11) is 0. The maximum Gasteiger partial charge on any atom is 0.326 e. The average molecular weight is 478 g/mol. The summed E-state index contributed by atoms with van der Waals surface area (Å²) in [5.74, 6) is -4.28. The standard InChI is InChI=1S/C23H35N5O6/c1-4-13(2)19(23(33)34)28-21(31)16(10-11-18(25)29)26-22(32)17(27-20(30)14(3)24)12-15-8-6-5-7-9-15/h5-9,13-14,16-17,19H,4,10-12,24H2,1-3H3,(H2,25,29)(H,26,32)(H,27,30)(H,28,31)(H,33,34). The molecule has 0 heterocycles. The highest BCUT2D eigenvalue weighted by Gasteiger charge is 2.31. The van der Waals surface area contributed by atoms with E-state index in [0.29, 0.717) is 6.42 Å². The number of carboxylic acids is 1. The van der Waals surface area contributed by atoms with Crippen molar-refractivity contribution in [3.63, 3.8) is 0 Å². The molecule has 11 heteroatoms. The monoisotopic (exact) mass is 477 g/mol. The van der Waals surface area contributed by atoms with Crippen molar-refractivity contribution >= 4 is 29.6 Å². The molecule has 0 aromatic heterocycles. The van der Waals surface area contributed by atoms with Crippen LogP contribution in [0, 0.1) is 5.92 Å². The topological polar surface area (TPSA) is 194 Å². The van der Waals surface area contributed by atoms with Crippen LogP contribution in [0.3, 0.4) is 0 Å². The van der Waals surface area contributed by atoms with E-state index in [-0.39, 0.29) is 25.2 Å². The molecule has 34 heavy (non-hydrogen) atoms. The number of carboxylic acid groups (broad SMARTS) is 1. The minimum atomic E-state index is -1.24. The third kappa shape index (κ3) is 9.57. The van der Waals surface area contributed by atoms with Gasteiger partial charge in [0.1, 0.15) is 18.1 Å². The Kier molecular flexibility index (Phi) is 11.7. The van der Waals surface area contributed by atoms with Gasteiger partial charge in [-0.25, -0.2) is 4.79 Å². The van der Waals surface area contributed by atoms with Crippen molar-refractivity contribution in [3.05, 3.63) is 35.9 Å². The summed E-state index contributed by atoms with van der Waals surface area (Å²) in [4.78, 5) is 61.1. The van der Waals surface area contributed by atoms with E-state index in [2.05, 4.69) is 16.0 Å². The highest BCUT2D eigenvalue weighted by molar-refractivity contribution is 5.94. The van der Waals surface area contributed by atoms with Gasteiger partial charge in [-0.3, -0.25) is 19.2 Å². The fourth-order valence-corrected chi connectivity index (χ4v) is 3.13. The summed E-state index contributed by atoms with van der Waals surface area (Å²) in [6.45, 7) is 4.93. The molecule has 0 saturated heterocycles. The van der Waals surface area contributed by atoms with Crippen molar-refractivity contribution < 1.29 is 29.1 Å². The molecule has 8 N–H and O–H groups in total. The van der Waals surface area contributed by atoms with Gasteiger partial charge in [0.25, 0.3) is 0 Å². The molecule has 0 spiro atoms. The van der Waals surface area contributed by atoms with Gasteiger partial charge in [-0.1, -0.05) is 50.6 Å². The molecule has 0 bridgehead atoms. The largest absolute Gasteiger partial charge is 0.480 e. The van der Waals surface area contributed by atoms with Gasteiger partial charge in [0.2, 0.25) is 23.6 Å². The first-order chi connectivity index (χ1) is 16.0. The smallest absolute Gasteiger partial charge is 0.326 e. The predicted molar refractivity (Wildman–Crippen MR) is 125 cm³/mol. The molecule has 4 amide bonds. The normalized spacial score (nSPS) is 15.2. The van der Waals surface area contributed by atoms with Crippen molar-refractivity contribution in [2.24, 2.45) is 17.4 Å². The number of carbonyl (C=O) groups excluding carboxylic acids is 4. The highest BCUT2D eigenvalue weighted by atomic mass is 16.4. The third-order valence-electron chi connectivity index (χ3n) is 5.42. The van der Waals surface area contributed by atoms with Gasteiger partial charge in [0, 0.05) is 12.8 Å². The molecule has 0 radical (unpaired) electrons. The van der Waals surface area contributed by atoms with E-state index < -0.39 is 53.8 Å². The second-order valence-corrected chi connectivity index (χ2v) is 8.32. The van der Waals surface area contributed by atoms with E-state index in [0.717, 1.165) is 5.56 Å². The quantitative estimate of drug-likeness (QED) is 0.206. The van der Waals surface area contributed by atoms with Crippen LogP contribution in [0.25, 0.3) is 0 Å². The Balaban J connectivity index is 3.10. The molecule has 0 fully saturated rings. The van der Waals surface area contributed by atoms with Crippen LogP contribution in [0.2, 0.25) is 0 Å². The number of hydrogen-bond donors (Lipinski definition) is 6. The minimum Gasteiger partial charge on any atom is -0.480 e. The van der Waals surface area contributed by atoms with Crippen LogP contribution in [-0.4, -0.2) is 58.9 Å². The van der Waals surface area contributed by atoms with Crippen molar-refractivity contribution in [2.45, 2.75) is 70.6 Å². The van der Waals surface area contributed by atoms with Crippen LogP contribution in [0.1, 0.15) is 45.6 Å². The summed E-state index contributed by atoms with van der Waals surface area (Å²) in [5.41, 5.74) is 11.6. The lowest BCUT2D eigenvalue weighted by atomic mass is 9.98. The van der Waals surface area contributed by atoms with Crippen molar-refractivity contribution in [1.82, 2.24) is 16.0 Å². The Morgan fingerprint density at radius 2 is 1.47 bits per heavy atom. The maximum absolute atomic E-state index is 13.1. The molecule has 0 aliphatic rings. The number of aliphatic carboxylic acids is 1. The van der Waals surface area contributed by atoms with Crippen molar-refractivity contribution in [3.8, 4) is 0 Å². The molecular formula is C23H35N5O6. The lowest BCUT2D eigenvalue weighted by Gasteiger charge is -2.26. The summed E-state index contributed by atoms with van der Waals surface area (Å²) in [5, 5.41) is 17.0. The van der Waals surface area contributed by atoms with Gasteiger partial charge in [-0.05, 0) is 24.8 Å². The third-order valence-corrected chi connectivity index (χ3v) is 5.42. The number of nitrogens with one attached hydrogen (secondary N) is 3. The molecule has 11 nitrogen and oxygen atoms in total.